The monoisotopic (exact) mass is 335 g/mol. The first kappa shape index (κ1) is 15.6. The van der Waals surface area contributed by atoms with Crippen LogP contribution in [0.4, 0.5) is 13.2 Å². The Hall–Kier alpha value is -1.25. The first-order chi connectivity index (χ1) is 10.3. The van der Waals surface area contributed by atoms with Gasteiger partial charge in [-0.05, 0) is 12.8 Å². The van der Waals surface area contributed by atoms with E-state index in [2.05, 4.69) is 4.99 Å². The molecule has 0 aromatic carbocycles. The minimum atomic E-state index is -4.95. The van der Waals surface area contributed by atoms with Gasteiger partial charge in [0.05, 0.1) is 0 Å². The summed E-state index contributed by atoms with van der Waals surface area (Å²) in [5.74, 6) is -1.86. The number of amides is 2. The Balaban J connectivity index is 1.87. The van der Waals surface area contributed by atoms with Crippen molar-refractivity contribution >= 4 is 28.7 Å². The molecule has 9 heteroatoms. The summed E-state index contributed by atoms with van der Waals surface area (Å²) >= 11 is 1.10. The average molecular weight is 335 g/mol. The Morgan fingerprint density at radius 1 is 1.32 bits per heavy atom. The van der Waals surface area contributed by atoms with Crippen molar-refractivity contribution in [1.29, 1.82) is 0 Å². The minimum Gasteiger partial charge on any atom is -0.316 e. The molecule has 1 N–H and O–H groups in total. The molecule has 122 valence electrons. The fourth-order valence-electron chi connectivity index (χ4n) is 3.05. The molecule has 1 saturated heterocycles. The first-order valence-corrected chi connectivity index (χ1v) is 8.27. The molecule has 0 spiro atoms. The molecule has 5 nitrogen and oxygen atoms in total. The smallest absolute Gasteiger partial charge is 0.316 e. The van der Waals surface area contributed by atoms with Crippen LogP contribution in [0.2, 0.25) is 0 Å². The highest BCUT2D eigenvalue weighted by Gasteiger charge is 2.67. The summed E-state index contributed by atoms with van der Waals surface area (Å²) in [6.45, 7) is 0.194. The third-order valence-corrected chi connectivity index (χ3v) is 5.24. The van der Waals surface area contributed by atoms with Gasteiger partial charge in [-0.1, -0.05) is 31.0 Å². The van der Waals surface area contributed by atoms with Crippen LogP contribution >= 0.6 is 11.8 Å². The van der Waals surface area contributed by atoms with E-state index in [1.807, 2.05) is 5.32 Å². The van der Waals surface area contributed by atoms with Crippen LogP contribution in [0.5, 0.6) is 0 Å². The maximum atomic E-state index is 13.5. The van der Waals surface area contributed by atoms with Crippen molar-refractivity contribution in [3.8, 4) is 0 Å². The van der Waals surface area contributed by atoms with Gasteiger partial charge in [-0.2, -0.15) is 13.2 Å². The number of thioether (sulfide) groups is 1. The Morgan fingerprint density at radius 2 is 2.00 bits per heavy atom. The van der Waals surface area contributed by atoms with E-state index < -0.39 is 29.6 Å². The van der Waals surface area contributed by atoms with E-state index in [1.54, 1.807) is 0 Å². The molecular formula is C13H16F3N3O2S. The topological polar surface area (TPSA) is 61.8 Å². The van der Waals surface area contributed by atoms with Gasteiger partial charge >= 0.3 is 11.8 Å². The highest BCUT2D eigenvalue weighted by Crippen LogP contribution is 2.41. The van der Waals surface area contributed by atoms with Crippen molar-refractivity contribution in [2.45, 2.75) is 43.9 Å². The average Bonchev–Trinajstić information content (AvgIpc) is 3.02. The number of hydrogen-bond acceptors (Lipinski definition) is 4. The molecule has 1 aliphatic carbocycles. The van der Waals surface area contributed by atoms with E-state index in [0.717, 1.165) is 35.9 Å². The first-order valence-electron chi connectivity index (χ1n) is 7.28. The fraction of sp³-hybridized carbons (Fsp3) is 0.769. The van der Waals surface area contributed by atoms with Gasteiger partial charge in [-0.25, -0.2) is 4.99 Å². The van der Waals surface area contributed by atoms with E-state index >= 15 is 0 Å². The van der Waals surface area contributed by atoms with Crippen LogP contribution in [-0.2, 0) is 9.59 Å². The number of carbonyl (C=O) groups excluding carboxylic acids is 2. The molecule has 2 amide bonds. The van der Waals surface area contributed by atoms with Crippen LogP contribution < -0.4 is 5.32 Å². The Morgan fingerprint density at radius 3 is 2.59 bits per heavy atom. The van der Waals surface area contributed by atoms with Crippen LogP contribution in [0.25, 0.3) is 0 Å². The molecule has 2 heterocycles. The zero-order chi connectivity index (χ0) is 16.0. The van der Waals surface area contributed by atoms with E-state index in [9.17, 15) is 22.8 Å². The number of nitrogens with one attached hydrogen (secondary N) is 1. The van der Waals surface area contributed by atoms with Crippen molar-refractivity contribution in [2.24, 2.45) is 10.9 Å². The maximum Gasteiger partial charge on any atom is 0.442 e. The highest BCUT2D eigenvalue weighted by atomic mass is 32.2. The summed E-state index contributed by atoms with van der Waals surface area (Å²) in [6.07, 6.45) is -1.21. The number of rotatable bonds is 2. The number of aliphatic imine (C=N–C) groups is 1. The maximum absolute atomic E-state index is 13.5. The minimum absolute atomic E-state index is 0.0475. The third kappa shape index (κ3) is 2.39. The lowest BCUT2D eigenvalue weighted by Gasteiger charge is -2.31. The number of nitrogens with zero attached hydrogens (tertiary/aromatic N) is 2. The number of alkyl halides is 3. The molecule has 2 fully saturated rings. The van der Waals surface area contributed by atoms with Crippen LogP contribution in [0.15, 0.2) is 4.99 Å². The van der Waals surface area contributed by atoms with Gasteiger partial charge < -0.3 is 5.32 Å². The molecule has 1 atom stereocenters. The normalized spacial score (nSPS) is 29.5. The van der Waals surface area contributed by atoms with Gasteiger partial charge in [0.1, 0.15) is 0 Å². The molecule has 0 aromatic rings. The molecule has 1 saturated carbocycles. The third-order valence-electron chi connectivity index (χ3n) is 4.29. The number of fused-ring (bicyclic) bond motifs is 1. The lowest BCUT2D eigenvalue weighted by molar-refractivity contribution is -0.200. The van der Waals surface area contributed by atoms with Crippen molar-refractivity contribution < 1.29 is 22.8 Å². The number of hydrogen-bond donors (Lipinski definition) is 1. The van der Waals surface area contributed by atoms with Gasteiger partial charge in [0, 0.05) is 18.2 Å². The van der Waals surface area contributed by atoms with Gasteiger partial charge in [-0.15, -0.1) is 0 Å². The molecule has 2 aliphatic heterocycles. The van der Waals surface area contributed by atoms with Crippen molar-refractivity contribution in [2.75, 3.05) is 12.3 Å². The Bertz CT molecular complexity index is 531. The zero-order valence-electron chi connectivity index (χ0n) is 11.8. The summed E-state index contributed by atoms with van der Waals surface area (Å²) in [6, 6.07) is 0. The lowest BCUT2D eigenvalue weighted by Crippen LogP contribution is -2.64. The molecule has 3 rings (SSSR count). The molecular weight excluding hydrogens is 319 g/mol. The quantitative estimate of drug-likeness (QED) is 0.838. The summed E-state index contributed by atoms with van der Waals surface area (Å²) < 4.78 is 40.6. The molecule has 0 radical (unpaired) electrons. The van der Waals surface area contributed by atoms with Gasteiger partial charge in [0.2, 0.25) is 5.91 Å². The molecule has 0 bridgehead atoms. The van der Waals surface area contributed by atoms with E-state index in [4.69, 9.17) is 0 Å². The van der Waals surface area contributed by atoms with Crippen molar-refractivity contribution in [3.05, 3.63) is 0 Å². The van der Waals surface area contributed by atoms with Crippen molar-refractivity contribution in [1.82, 2.24) is 10.2 Å². The molecule has 3 aliphatic rings. The Kier molecular flexibility index (Phi) is 3.86. The number of amidine groups is 1. The second kappa shape index (κ2) is 5.43. The largest absolute Gasteiger partial charge is 0.442 e. The fourth-order valence-corrected chi connectivity index (χ4v) is 4.04. The standard InChI is InChI=1S/C13H16F3N3O2S/c14-13(15,16)12(10(21)19-6-7-22-11(19)18-12)17-9(20)8-4-2-1-3-5-8/h8H,1-7H2,(H,17,20)/t12-/m1/s1. The van der Waals surface area contributed by atoms with Gasteiger partial charge in [0.15, 0.2) is 5.17 Å². The van der Waals surface area contributed by atoms with Gasteiger partial charge in [0.25, 0.3) is 5.91 Å². The predicted molar refractivity (Wildman–Crippen MR) is 75.1 cm³/mol. The van der Waals surface area contributed by atoms with Crippen LogP contribution in [0.3, 0.4) is 0 Å². The van der Waals surface area contributed by atoms with E-state index in [-0.39, 0.29) is 11.7 Å². The number of carbonyl (C=O) groups is 2. The summed E-state index contributed by atoms with van der Waals surface area (Å²) in [5, 5.41) is 1.97. The second-order valence-corrected chi connectivity index (χ2v) is 6.79. The van der Waals surface area contributed by atoms with E-state index in [1.165, 1.54) is 0 Å². The number of halogens is 3. The van der Waals surface area contributed by atoms with E-state index in [0.29, 0.717) is 18.6 Å². The molecule has 0 aromatic heterocycles. The molecule has 0 unspecified atom stereocenters. The summed E-state index contributed by atoms with van der Waals surface area (Å²) in [7, 11) is 0. The summed E-state index contributed by atoms with van der Waals surface area (Å²) in [5.41, 5.74) is -3.13. The van der Waals surface area contributed by atoms with Crippen molar-refractivity contribution in [3.63, 3.8) is 0 Å². The van der Waals surface area contributed by atoms with Crippen LogP contribution in [-0.4, -0.2) is 46.0 Å². The SMILES string of the molecule is O=C(N[C@@]1(C(F)(F)F)N=C2SCCN2C1=O)C1CCCCC1. The van der Waals surface area contributed by atoms with Crippen LogP contribution in [0.1, 0.15) is 32.1 Å². The van der Waals surface area contributed by atoms with Gasteiger partial charge in [-0.3, -0.25) is 14.5 Å². The van der Waals surface area contributed by atoms with Crippen LogP contribution in [0, 0.1) is 5.92 Å². The molecule has 22 heavy (non-hydrogen) atoms. The summed E-state index contributed by atoms with van der Waals surface area (Å²) in [4.78, 5) is 29.0. The predicted octanol–water partition coefficient (Wildman–Crippen LogP) is 1.89. The second-order valence-electron chi connectivity index (χ2n) is 5.73. The Labute approximate surface area is 129 Å². The zero-order valence-corrected chi connectivity index (χ0v) is 12.6. The lowest BCUT2D eigenvalue weighted by atomic mass is 9.88. The highest BCUT2D eigenvalue weighted by molar-refractivity contribution is 8.14.